The summed E-state index contributed by atoms with van der Waals surface area (Å²) < 4.78 is 39.1. The number of hydrogen-bond acceptors (Lipinski definition) is 3. The fourth-order valence-electron chi connectivity index (χ4n) is 1.97. The molecule has 1 amide bonds. The third-order valence-electron chi connectivity index (χ3n) is 3.17. The quantitative estimate of drug-likeness (QED) is 0.442. The van der Waals surface area contributed by atoms with Gasteiger partial charge in [-0.25, -0.2) is 0 Å². The average Bonchev–Trinajstić information content (AvgIpc) is 2.56. The van der Waals surface area contributed by atoms with Crippen LogP contribution in [0.2, 0.25) is 0 Å². The van der Waals surface area contributed by atoms with E-state index in [2.05, 4.69) is 37.2 Å². The molecule has 9 heteroatoms. The molecule has 0 aliphatic rings. The predicted molar refractivity (Wildman–Crippen MR) is 97.2 cm³/mol. The highest BCUT2D eigenvalue weighted by Crippen LogP contribution is 2.33. The van der Waals surface area contributed by atoms with Crippen LogP contribution in [0.15, 0.2) is 50.9 Å². The third-order valence-corrected chi connectivity index (χ3v) is 4.23. The summed E-state index contributed by atoms with van der Waals surface area (Å²) in [6, 6.07) is 8.77. The number of hydrogen-bond donors (Lipinski definition) is 2. The van der Waals surface area contributed by atoms with E-state index in [0.717, 1.165) is 24.3 Å². The van der Waals surface area contributed by atoms with E-state index < -0.39 is 17.6 Å². The highest BCUT2D eigenvalue weighted by molar-refractivity contribution is 9.11. The first-order valence-corrected chi connectivity index (χ1v) is 8.49. The lowest BCUT2D eigenvalue weighted by Gasteiger charge is -2.10. The largest absolute Gasteiger partial charge is 0.506 e. The minimum atomic E-state index is -4.55. The molecule has 0 aliphatic carbocycles. The Morgan fingerprint density at radius 2 is 1.92 bits per heavy atom. The normalized spacial score (nSPS) is 11.8. The molecule has 4 nitrogen and oxygen atoms in total. The number of nitrogens with zero attached hydrogens (tertiary/aromatic N) is 1. The minimum absolute atomic E-state index is 0.106. The van der Waals surface area contributed by atoms with Crippen LogP contribution in [-0.4, -0.2) is 11.0 Å². The zero-order chi connectivity index (χ0) is 19.5. The zero-order valence-corrected chi connectivity index (χ0v) is 15.9. The zero-order valence-electron chi connectivity index (χ0n) is 12.7. The Labute approximate surface area is 163 Å². The van der Waals surface area contributed by atoms with Crippen molar-refractivity contribution in [3.8, 4) is 11.8 Å². The molecule has 0 radical (unpaired) electrons. The van der Waals surface area contributed by atoms with Gasteiger partial charge in [-0.2, -0.15) is 18.4 Å². The Morgan fingerprint density at radius 3 is 2.54 bits per heavy atom. The van der Waals surface area contributed by atoms with Crippen molar-refractivity contribution in [2.45, 2.75) is 6.18 Å². The van der Waals surface area contributed by atoms with Gasteiger partial charge in [-0.3, -0.25) is 4.79 Å². The number of amides is 1. The molecule has 0 bridgehead atoms. The van der Waals surface area contributed by atoms with E-state index in [4.69, 9.17) is 0 Å². The summed E-state index contributed by atoms with van der Waals surface area (Å²) in [5.41, 5.74) is -1.23. The van der Waals surface area contributed by atoms with Crippen LogP contribution in [0.4, 0.5) is 18.9 Å². The van der Waals surface area contributed by atoms with Gasteiger partial charge in [0.1, 0.15) is 17.4 Å². The summed E-state index contributed by atoms with van der Waals surface area (Å²) in [6.45, 7) is 0. The van der Waals surface area contributed by atoms with Gasteiger partial charge in [0.25, 0.3) is 5.91 Å². The van der Waals surface area contributed by atoms with Crippen molar-refractivity contribution in [3.05, 3.63) is 62.0 Å². The second-order valence-corrected chi connectivity index (χ2v) is 6.80. The van der Waals surface area contributed by atoms with Crippen molar-refractivity contribution >= 4 is 49.5 Å². The summed E-state index contributed by atoms with van der Waals surface area (Å²) in [7, 11) is 0. The SMILES string of the molecule is N#C/C(=C\c1cc(Br)cc(Br)c1O)C(=O)Nc1cccc(C(F)(F)F)c1. The van der Waals surface area contributed by atoms with Gasteiger partial charge in [0.05, 0.1) is 10.0 Å². The van der Waals surface area contributed by atoms with E-state index in [1.165, 1.54) is 12.1 Å². The van der Waals surface area contributed by atoms with Crippen molar-refractivity contribution in [2.75, 3.05) is 5.32 Å². The lowest BCUT2D eigenvalue weighted by Crippen LogP contribution is -2.14. The van der Waals surface area contributed by atoms with Gasteiger partial charge in [-0.1, -0.05) is 22.0 Å². The van der Waals surface area contributed by atoms with Crippen LogP contribution in [0, 0.1) is 11.3 Å². The van der Waals surface area contributed by atoms with Crippen LogP contribution < -0.4 is 5.32 Å². The second kappa shape index (κ2) is 7.93. The molecule has 2 aromatic carbocycles. The number of nitriles is 1. The van der Waals surface area contributed by atoms with E-state index >= 15 is 0 Å². The molecule has 0 unspecified atom stereocenters. The molecule has 0 aromatic heterocycles. The van der Waals surface area contributed by atoms with E-state index in [9.17, 15) is 28.3 Å². The van der Waals surface area contributed by atoms with Crippen molar-refractivity contribution in [1.82, 2.24) is 0 Å². The summed E-state index contributed by atoms with van der Waals surface area (Å²) in [5, 5.41) is 21.4. The van der Waals surface area contributed by atoms with Crippen molar-refractivity contribution in [3.63, 3.8) is 0 Å². The number of benzene rings is 2. The van der Waals surface area contributed by atoms with Crippen LogP contribution in [0.25, 0.3) is 6.08 Å². The summed E-state index contributed by atoms with van der Waals surface area (Å²) >= 11 is 6.34. The molecule has 26 heavy (non-hydrogen) atoms. The van der Waals surface area contributed by atoms with Gasteiger partial charge < -0.3 is 10.4 Å². The van der Waals surface area contributed by atoms with Gasteiger partial charge in [0.15, 0.2) is 0 Å². The highest BCUT2D eigenvalue weighted by Gasteiger charge is 2.30. The first-order chi connectivity index (χ1) is 12.1. The molecule has 0 spiro atoms. The van der Waals surface area contributed by atoms with Crippen LogP contribution in [-0.2, 0) is 11.0 Å². The number of anilines is 1. The Balaban J connectivity index is 2.32. The number of carbonyl (C=O) groups excluding carboxylic acids is 1. The van der Waals surface area contributed by atoms with E-state index in [-0.39, 0.29) is 22.6 Å². The molecular formula is C17H9Br2F3N2O2. The number of alkyl halides is 3. The van der Waals surface area contributed by atoms with Crippen molar-refractivity contribution < 1.29 is 23.1 Å². The number of rotatable bonds is 3. The lowest BCUT2D eigenvalue weighted by molar-refractivity contribution is -0.137. The highest BCUT2D eigenvalue weighted by atomic mass is 79.9. The fourth-order valence-corrected chi connectivity index (χ4v) is 3.23. The van der Waals surface area contributed by atoms with Crippen molar-refractivity contribution in [2.24, 2.45) is 0 Å². The number of phenolic OH excluding ortho intramolecular Hbond substituents is 1. The third kappa shape index (κ3) is 4.86. The predicted octanol–water partition coefficient (Wildman–Crippen LogP) is 5.48. The fraction of sp³-hybridized carbons (Fsp3) is 0.0588. The summed E-state index contributed by atoms with van der Waals surface area (Å²) in [6.07, 6.45) is -3.42. The number of aromatic hydroxyl groups is 1. The Bertz CT molecular complexity index is 935. The maximum Gasteiger partial charge on any atom is 0.416 e. The molecule has 0 atom stereocenters. The van der Waals surface area contributed by atoms with Crippen molar-refractivity contribution in [1.29, 1.82) is 5.26 Å². The minimum Gasteiger partial charge on any atom is -0.506 e. The molecule has 0 aliphatic heterocycles. The Hall–Kier alpha value is -2.31. The van der Waals surface area contributed by atoms with Crippen LogP contribution >= 0.6 is 31.9 Å². The topological polar surface area (TPSA) is 73.1 Å². The number of carbonyl (C=O) groups is 1. The molecule has 0 saturated carbocycles. The molecule has 134 valence electrons. The van der Waals surface area contributed by atoms with E-state index in [0.29, 0.717) is 8.95 Å². The van der Waals surface area contributed by atoms with Crippen LogP contribution in [0.5, 0.6) is 5.75 Å². The summed E-state index contributed by atoms with van der Waals surface area (Å²) in [4.78, 5) is 12.2. The Morgan fingerprint density at radius 1 is 1.23 bits per heavy atom. The van der Waals surface area contributed by atoms with Gasteiger partial charge in [0, 0.05) is 15.7 Å². The summed E-state index contributed by atoms with van der Waals surface area (Å²) in [5.74, 6) is -1.09. The lowest BCUT2D eigenvalue weighted by atomic mass is 10.1. The molecule has 0 saturated heterocycles. The van der Waals surface area contributed by atoms with Gasteiger partial charge in [0.2, 0.25) is 0 Å². The van der Waals surface area contributed by atoms with Gasteiger partial charge in [-0.15, -0.1) is 0 Å². The van der Waals surface area contributed by atoms with Gasteiger partial charge >= 0.3 is 6.18 Å². The standard InChI is InChI=1S/C17H9Br2F3N2O2/c18-12-5-9(15(25)14(19)7-12)4-10(8-23)16(26)24-13-3-1-2-11(6-13)17(20,21)22/h1-7,25H,(H,24,26)/b10-4+. The Kier molecular flexibility index (Phi) is 6.10. The smallest absolute Gasteiger partial charge is 0.416 e. The molecular weight excluding hydrogens is 481 g/mol. The average molecular weight is 490 g/mol. The van der Waals surface area contributed by atoms with Gasteiger partial charge in [-0.05, 0) is 52.3 Å². The molecule has 2 N–H and O–H groups in total. The first kappa shape index (κ1) is 20.0. The molecule has 0 heterocycles. The maximum absolute atomic E-state index is 12.7. The molecule has 2 aromatic rings. The number of nitrogens with one attached hydrogen (secondary N) is 1. The maximum atomic E-state index is 12.7. The number of halogens is 5. The molecule has 2 rings (SSSR count). The molecule has 0 fully saturated rings. The monoisotopic (exact) mass is 488 g/mol. The van der Waals surface area contributed by atoms with E-state index in [1.807, 2.05) is 0 Å². The van der Waals surface area contributed by atoms with E-state index in [1.54, 1.807) is 12.1 Å². The van der Waals surface area contributed by atoms with Crippen LogP contribution in [0.3, 0.4) is 0 Å². The van der Waals surface area contributed by atoms with Crippen LogP contribution in [0.1, 0.15) is 11.1 Å². The second-order valence-electron chi connectivity index (χ2n) is 5.03. The number of phenols is 1. The first-order valence-electron chi connectivity index (χ1n) is 6.90.